The smallest absolute Gasteiger partial charge is 0.453 e. The normalized spacial score (nSPS) is 20.9. The minimum absolute atomic E-state index is 0.0651. The van der Waals surface area contributed by atoms with E-state index in [0.29, 0.717) is 19.4 Å². The summed E-state index contributed by atoms with van der Waals surface area (Å²) in [5.41, 5.74) is 0. The maximum Gasteiger partial charge on any atom is 0.453 e. The van der Waals surface area contributed by atoms with Gasteiger partial charge in [-0.2, -0.15) is 22.0 Å². The van der Waals surface area contributed by atoms with E-state index in [4.69, 9.17) is 5.11 Å². The summed E-state index contributed by atoms with van der Waals surface area (Å²) in [6.07, 6.45) is -3.67. The van der Waals surface area contributed by atoms with Gasteiger partial charge in [0.1, 0.15) is 0 Å². The molecule has 0 aliphatic carbocycles. The number of hydrogen-bond donors (Lipinski definition) is 1. The summed E-state index contributed by atoms with van der Waals surface area (Å²) < 4.78 is 60.8. The van der Waals surface area contributed by atoms with Crippen LogP contribution in [0.25, 0.3) is 0 Å². The van der Waals surface area contributed by atoms with E-state index < -0.39 is 24.6 Å². The zero-order valence-electron chi connectivity index (χ0n) is 10.7. The van der Waals surface area contributed by atoms with Gasteiger partial charge in [0.05, 0.1) is 6.04 Å². The molecular weight excluding hydrogens is 285 g/mol. The third-order valence-electron chi connectivity index (χ3n) is 3.18. The van der Waals surface area contributed by atoms with E-state index in [-0.39, 0.29) is 18.9 Å². The summed E-state index contributed by atoms with van der Waals surface area (Å²) in [6, 6.07) is -0.310. The molecule has 1 heterocycles. The first-order valence-corrected chi connectivity index (χ1v) is 6.26. The number of carbonyl (C=O) groups is 1. The molecule has 0 spiro atoms. The van der Waals surface area contributed by atoms with Gasteiger partial charge in [0.2, 0.25) is 0 Å². The summed E-state index contributed by atoms with van der Waals surface area (Å²) in [7, 11) is 0. The second-order valence-corrected chi connectivity index (χ2v) is 4.71. The van der Waals surface area contributed by atoms with Gasteiger partial charge in [0.25, 0.3) is 0 Å². The Bertz CT molecular complexity index is 367. The average Bonchev–Trinajstić information content (AvgIpc) is 2.75. The highest BCUT2D eigenvalue weighted by molar-refractivity contribution is 5.66. The number of hydrogen-bond acceptors (Lipinski definition) is 1. The largest absolute Gasteiger partial charge is 0.465 e. The van der Waals surface area contributed by atoms with Crippen LogP contribution in [0.3, 0.4) is 0 Å². The van der Waals surface area contributed by atoms with E-state index in [1.807, 2.05) is 0 Å². The molecule has 3 nitrogen and oxygen atoms in total. The van der Waals surface area contributed by atoms with E-state index in [9.17, 15) is 26.7 Å². The van der Waals surface area contributed by atoms with E-state index in [1.165, 1.54) is 11.0 Å². The van der Waals surface area contributed by atoms with Crippen LogP contribution in [0.5, 0.6) is 0 Å². The molecule has 1 saturated heterocycles. The molecule has 1 fully saturated rings. The summed E-state index contributed by atoms with van der Waals surface area (Å²) >= 11 is 0. The molecule has 116 valence electrons. The lowest BCUT2D eigenvalue weighted by Crippen LogP contribution is -2.36. The molecule has 8 heteroatoms. The number of halogens is 5. The van der Waals surface area contributed by atoms with Gasteiger partial charge >= 0.3 is 18.2 Å². The highest BCUT2D eigenvalue weighted by atomic mass is 19.4. The lowest BCUT2D eigenvalue weighted by Gasteiger charge is -2.19. The summed E-state index contributed by atoms with van der Waals surface area (Å²) in [4.78, 5) is 12.0. The van der Waals surface area contributed by atoms with Crippen molar-refractivity contribution in [1.82, 2.24) is 4.90 Å². The highest BCUT2D eigenvalue weighted by Crippen LogP contribution is 2.39. The highest BCUT2D eigenvalue weighted by Gasteiger charge is 2.56. The van der Waals surface area contributed by atoms with Crippen molar-refractivity contribution in [3.8, 4) is 0 Å². The fourth-order valence-corrected chi connectivity index (χ4v) is 2.07. The number of alkyl halides is 5. The minimum Gasteiger partial charge on any atom is -0.465 e. The van der Waals surface area contributed by atoms with Crippen molar-refractivity contribution in [3.05, 3.63) is 12.2 Å². The first kappa shape index (κ1) is 16.7. The lowest BCUT2D eigenvalue weighted by molar-refractivity contribution is -0.284. The topological polar surface area (TPSA) is 40.5 Å². The van der Waals surface area contributed by atoms with Crippen LogP contribution in [0.15, 0.2) is 12.2 Å². The van der Waals surface area contributed by atoms with Crippen LogP contribution in [0, 0.1) is 0 Å². The molecule has 0 saturated carbocycles. The van der Waals surface area contributed by atoms with Crippen LogP contribution >= 0.6 is 0 Å². The predicted molar refractivity (Wildman–Crippen MR) is 61.7 cm³/mol. The molecule has 0 unspecified atom stereocenters. The van der Waals surface area contributed by atoms with Crippen LogP contribution < -0.4 is 0 Å². The van der Waals surface area contributed by atoms with Crippen LogP contribution in [-0.4, -0.2) is 40.8 Å². The summed E-state index contributed by atoms with van der Waals surface area (Å²) in [6.45, 7) is 0.413. The SMILES string of the molecule is O=C(O)N1CCC[C@H]1/C=C\CCCC(F)(F)C(F)(F)F. The number of rotatable bonds is 5. The number of carboxylic acid groups (broad SMARTS) is 1. The average molecular weight is 301 g/mol. The van der Waals surface area contributed by atoms with Crippen LogP contribution in [-0.2, 0) is 0 Å². The van der Waals surface area contributed by atoms with E-state index >= 15 is 0 Å². The van der Waals surface area contributed by atoms with Crippen LogP contribution in [0.2, 0.25) is 0 Å². The number of amides is 1. The van der Waals surface area contributed by atoms with Crippen molar-refractivity contribution in [2.75, 3.05) is 6.54 Å². The molecule has 0 bridgehead atoms. The quantitative estimate of drug-likeness (QED) is 0.473. The number of likely N-dealkylation sites (tertiary alicyclic amines) is 1. The van der Waals surface area contributed by atoms with Crippen LogP contribution in [0.4, 0.5) is 26.7 Å². The van der Waals surface area contributed by atoms with Crippen LogP contribution in [0.1, 0.15) is 32.1 Å². The number of unbranched alkanes of at least 4 members (excludes halogenated alkanes) is 1. The fraction of sp³-hybridized carbons (Fsp3) is 0.750. The Morgan fingerprint density at radius 3 is 2.50 bits per heavy atom. The van der Waals surface area contributed by atoms with Crippen molar-refractivity contribution in [2.45, 2.75) is 50.2 Å². The maximum absolute atomic E-state index is 12.6. The molecule has 1 aliphatic rings. The number of nitrogens with zero attached hydrogens (tertiary/aromatic N) is 1. The van der Waals surface area contributed by atoms with Gasteiger partial charge in [-0.15, -0.1) is 0 Å². The third kappa shape index (κ3) is 4.35. The van der Waals surface area contributed by atoms with Gasteiger partial charge in [-0.05, 0) is 25.7 Å². The predicted octanol–water partition coefficient (Wildman–Crippen LogP) is 4.05. The van der Waals surface area contributed by atoms with Crippen molar-refractivity contribution in [1.29, 1.82) is 0 Å². The molecule has 0 aromatic carbocycles. The van der Waals surface area contributed by atoms with E-state index in [0.717, 1.165) is 0 Å². The third-order valence-corrected chi connectivity index (χ3v) is 3.18. The fourth-order valence-electron chi connectivity index (χ4n) is 2.07. The molecule has 0 aromatic heterocycles. The minimum atomic E-state index is -5.51. The molecule has 20 heavy (non-hydrogen) atoms. The first-order valence-electron chi connectivity index (χ1n) is 6.26. The van der Waals surface area contributed by atoms with E-state index in [2.05, 4.69) is 0 Å². The second-order valence-electron chi connectivity index (χ2n) is 4.71. The second kappa shape index (κ2) is 6.41. The van der Waals surface area contributed by atoms with Crippen molar-refractivity contribution in [3.63, 3.8) is 0 Å². The van der Waals surface area contributed by atoms with Gasteiger partial charge in [-0.25, -0.2) is 4.79 Å². The van der Waals surface area contributed by atoms with Crippen molar-refractivity contribution < 1.29 is 31.9 Å². The van der Waals surface area contributed by atoms with Gasteiger partial charge in [-0.3, -0.25) is 0 Å². The maximum atomic E-state index is 12.6. The molecule has 1 rings (SSSR count). The Morgan fingerprint density at radius 2 is 1.95 bits per heavy atom. The summed E-state index contributed by atoms with van der Waals surface area (Å²) in [5.74, 6) is -4.67. The Balaban J connectivity index is 2.34. The molecule has 0 radical (unpaired) electrons. The monoisotopic (exact) mass is 301 g/mol. The Kier molecular flexibility index (Phi) is 5.35. The standard InChI is InChI=1S/C12H16F5NO2/c13-11(14,12(15,16)17)7-3-1-2-5-9-6-4-8-18(9)10(19)20/h2,5,9H,1,3-4,6-8H2,(H,19,20)/b5-2-/t9-/m1/s1. The van der Waals surface area contributed by atoms with Gasteiger partial charge in [0.15, 0.2) is 0 Å². The molecular formula is C12H16F5NO2. The first-order chi connectivity index (χ1) is 9.15. The lowest BCUT2D eigenvalue weighted by atomic mass is 10.1. The van der Waals surface area contributed by atoms with Crippen molar-refractivity contribution >= 4 is 6.09 Å². The molecule has 1 amide bonds. The molecule has 1 atom stereocenters. The zero-order chi connectivity index (χ0) is 15.4. The Labute approximate surface area is 113 Å². The zero-order valence-corrected chi connectivity index (χ0v) is 10.7. The Hall–Kier alpha value is -1.34. The van der Waals surface area contributed by atoms with Gasteiger partial charge < -0.3 is 10.0 Å². The Morgan fingerprint density at radius 1 is 1.30 bits per heavy atom. The van der Waals surface area contributed by atoms with Gasteiger partial charge in [0, 0.05) is 13.0 Å². The van der Waals surface area contributed by atoms with Crippen molar-refractivity contribution in [2.24, 2.45) is 0 Å². The van der Waals surface area contributed by atoms with E-state index in [1.54, 1.807) is 6.08 Å². The van der Waals surface area contributed by atoms with Gasteiger partial charge in [-0.1, -0.05) is 12.2 Å². The number of allylic oxidation sites excluding steroid dienone is 1. The molecule has 0 aromatic rings. The summed E-state index contributed by atoms with van der Waals surface area (Å²) in [5, 5.41) is 8.85. The molecule has 1 N–H and O–H groups in total. The molecule has 1 aliphatic heterocycles.